The molecule has 0 unspecified atom stereocenters. The molecule has 0 atom stereocenters. The van der Waals surface area contributed by atoms with Crippen molar-refractivity contribution in [3.05, 3.63) is 42.5 Å². The fraction of sp³-hybridized carbons (Fsp3) is 0.333. The highest BCUT2D eigenvalue weighted by atomic mass is 19.1. The number of nitrogens with zero attached hydrogens (tertiary/aromatic N) is 2. The minimum Gasteiger partial charge on any atom is -0.481 e. The second-order valence-corrected chi connectivity index (χ2v) is 5.61. The number of amides is 1. The third-order valence-corrected chi connectivity index (χ3v) is 2.75. The van der Waals surface area contributed by atoms with Crippen molar-refractivity contribution in [1.29, 1.82) is 0 Å². The van der Waals surface area contributed by atoms with Crippen molar-refractivity contribution in [2.75, 3.05) is 11.9 Å². The SMILES string of the molecule is CC(C)(C)n1cc(NC(=O)COc2ccccc2F)cn1. The van der Waals surface area contributed by atoms with Crippen LogP contribution in [0.1, 0.15) is 20.8 Å². The van der Waals surface area contributed by atoms with Crippen LogP contribution in [0.25, 0.3) is 0 Å². The van der Waals surface area contributed by atoms with Crippen LogP contribution < -0.4 is 10.1 Å². The first-order valence-corrected chi connectivity index (χ1v) is 6.58. The van der Waals surface area contributed by atoms with E-state index < -0.39 is 5.82 Å². The van der Waals surface area contributed by atoms with Crippen LogP contribution in [-0.2, 0) is 10.3 Å². The van der Waals surface area contributed by atoms with Crippen LogP contribution in [-0.4, -0.2) is 22.3 Å². The van der Waals surface area contributed by atoms with E-state index in [2.05, 4.69) is 10.4 Å². The number of carbonyl (C=O) groups excluding carboxylic acids is 1. The Labute approximate surface area is 122 Å². The number of hydrogen-bond donors (Lipinski definition) is 1. The lowest BCUT2D eigenvalue weighted by Crippen LogP contribution is -2.22. The summed E-state index contributed by atoms with van der Waals surface area (Å²) in [7, 11) is 0. The molecule has 0 spiro atoms. The average Bonchev–Trinajstić information content (AvgIpc) is 2.86. The van der Waals surface area contributed by atoms with Gasteiger partial charge in [0.15, 0.2) is 18.2 Å². The first kappa shape index (κ1) is 15.0. The molecule has 0 aliphatic rings. The zero-order valence-electron chi connectivity index (χ0n) is 12.3. The Balaban J connectivity index is 1.90. The zero-order valence-corrected chi connectivity index (χ0v) is 12.3. The Kier molecular flexibility index (Phi) is 4.26. The van der Waals surface area contributed by atoms with E-state index in [1.807, 2.05) is 20.8 Å². The lowest BCUT2D eigenvalue weighted by molar-refractivity contribution is -0.118. The molecule has 2 rings (SSSR count). The van der Waals surface area contributed by atoms with E-state index in [0.717, 1.165) is 0 Å². The average molecular weight is 291 g/mol. The molecule has 21 heavy (non-hydrogen) atoms. The molecule has 6 heteroatoms. The molecule has 1 N–H and O–H groups in total. The van der Waals surface area contributed by atoms with Gasteiger partial charge in [-0.15, -0.1) is 0 Å². The molecular formula is C15H18FN3O2. The summed E-state index contributed by atoms with van der Waals surface area (Å²) in [6.45, 7) is 5.76. The van der Waals surface area contributed by atoms with E-state index in [-0.39, 0.29) is 23.8 Å². The van der Waals surface area contributed by atoms with Crippen molar-refractivity contribution >= 4 is 11.6 Å². The normalized spacial score (nSPS) is 11.2. The highest BCUT2D eigenvalue weighted by Crippen LogP contribution is 2.17. The van der Waals surface area contributed by atoms with Crippen LogP contribution in [0.2, 0.25) is 0 Å². The molecule has 0 aliphatic heterocycles. The van der Waals surface area contributed by atoms with Gasteiger partial charge < -0.3 is 10.1 Å². The number of nitrogens with one attached hydrogen (secondary N) is 1. The minimum atomic E-state index is -0.495. The monoisotopic (exact) mass is 291 g/mol. The molecule has 2 aromatic rings. The summed E-state index contributed by atoms with van der Waals surface area (Å²) in [6.07, 6.45) is 3.30. The molecule has 0 fully saturated rings. The number of rotatable bonds is 4. The maximum atomic E-state index is 13.3. The molecule has 1 heterocycles. The largest absolute Gasteiger partial charge is 0.481 e. The molecule has 5 nitrogen and oxygen atoms in total. The summed E-state index contributed by atoms with van der Waals surface area (Å²) in [4.78, 5) is 11.8. The van der Waals surface area contributed by atoms with Gasteiger partial charge in [0.25, 0.3) is 5.91 Å². The molecule has 1 aromatic carbocycles. The van der Waals surface area contributed by atoms with Gasteiger partial charge in [-0.1, -0.05) is 12.1 Å². The number of ether oxygens (including phenoxy) is 1. The molecule has 0 saturated heterocycles. The molecule has 1 amide bonds. The van der Waals surface area contributed by atoms with Gasteiger partial charge in [-0.25, -0.2) is 4.39 Å². The first-order valence-electron chi connectivity index (χ1n) is 6.58. The van der Waals surface area contributed by atoms with E-state index >= 15 is 0 Å². The number of aromatic nitrogens is 2. The van der Waals surface area contributed by atoms with Crippen molar-refractivity contribution in [2.45, 2.75) is 26.3 Å². The molecule has 0 aliphatic carbocycles. The molecule has 0 saturated carbocycles. The van der Waals surface area contributed by atoms with Crippen molar-refractivity contribution < 1.29 is 13.9 Å². The van der Waals surface area contributed by atoms with Crippen LogP contribution in [0.3, 0.4) is 0 Å². The zero-order chi connectivity index (χ0) is 15.5. The molecular weight excluding hydrogens is 273 g/mol. The Morgan fingerprint density at radius 2 is 2.10 bits per heavy atom. The van der Waals surface area contributed by atoms with E-state index in [1.165, 1.54) is 12.1 Å². The molecule has 0 radical (unpaired) electrons. The fourth-order valence-corrected chi connectivity index (χ4v) is 1.66. The fourth-order valence-electron chi connectivity index (χ4n) is 1.66. The summed E-state index contributed by atoms with van der Waals surface area (Å²) in [5, 5.41) is 6.83. The molecule has 0 bridgehead atoms. The van der Waals surface area contributed by atoms with Crippen molar-refractivity contribution in [2.24, 2.45) is 0 Å². The summed E-state index contributed by atoms with van der Waals surface area (Å²) < 4.78 is 20.2. The van der Waals surface area contributed by atoms with Gasteiger partial charge in [0, 0.05) is 6.20 Å². The van der Waals surface area contributed by atoms with Gasteiger partial charge >= 0.3 is 0 Å². The second kappa shape index (κ2) is 5.95. The number of benzene rings is 1. The lowest BCUT2D eigenvalue weighted by atomic mass is 10.1. The lowest BCUT2D eigenvalue weighted by Gasteiger charge is -2.18. The Morgan fingerprint density at radius 3 is 2.71 bits per heavy atom. The van der Waals surface area contributed by atoms with Crippen LogP contribution in [0.15, 0.2) is 36.7 Å². The van der Waals surface area contributed by atoms with Gasteiger partial charge in [-0.2, -0.15) is 5.10 Å². The number of para-hydroxylation sites is 1. The third-order valence-electron chi connectivity index (χ3n) is 2.75. The maximum absolute atomic E-state index is 13.3. The smallest absolute Gasteiger partial charge is 0.262 e. The summed E-state index contributed by atoms with van der Waals surface area (Å²) in [6, 6.07) is 5.95. The highest BCUT2D eigenvalue weighted by Gasteiger charge is 2.15. The predicted molar refractivity (Wildman–Crippen MR) is 77.7 cm³/mol. The van der Waals surface area contributed by atoms with Crippen molar-refractivity contribution in [3.8, 4) is 5.75 Å². The Hall–Kier alpha value is -2.37. The van der Waals surface area contributed by atoms with Crippen LogP contribution >= 0.6 is 0 Å². The number of anilines is 1. The van der Waals surface area contributed by atoms with E-state index in [4.69, 9.17) is 4.74 Å². The maximum Gasteiger partial charge on any atom is 0.262 e. The van der Waals surface area contributed by atoms with E-state index in [9.17, 15) is 9.18 Å². The predicted octanol–water partition coefficient (Wildman–Crippen LogP) is 2.79. The van der Waals surface area contributed by atoms with Crippen molar-refractivity contribution in [3.63, 3.8) is 0 Å². The molecule has 112 valence electrons. The summed E-state index contributed by atoms with van der Waals surface area (Å²) in [5.41, 5.74) is 0.416. The van der Waals surface area contributed by atoms with Gasteiger partial charge in [-0.3, -0.25) is 9.48 Å². The first-order chi connectivity index (χ1) is 9.86. The Bertz CT molecular complexity index is 632. The van der Waals surface area contributed by atoms with Crippen LogP contribution in [0.5, 0.6) is 5.75 Å². The second-order valence-electron chi connectivity index (χ2n) is 5.61. The van der Waals surface area contributed by atoms with Gasteiger partial charge in [0.2, 0.25) is 0 Å². The van der Waals surface area contributed by atoms with Gasteiger partial charge in [-0.05, 0) is 32.9 Å². The van der Waals surface area contributed by atoms with Gasteiger partial charge in [0.1, 0.15) is 0 Å². The quantitative estimate of drug-likeness (QED) is 0.942. The van der Waals surface area contributed by atoms with Gasteiger partial charge in [0.05, 0.1) is 17.4 Å². The minimum absolute atomic E-state index is 0.0537. The number of carbonyl (C=O) groups is 1. The third kappa shape index (κ3) is 4.05. The standard InChI is InChI=1S/C15H18FN3O2/c1-15(2,3)19-9-11(8-17-19)18-14(20)10-21-13-7-5-4-6-12(13)16/h4-9H,10H2,1-3H3,(H,18,20). The van der Waals surface area contributed by atoms with Crippen LogP contribution in [0.4, 0.5) is 10.1 Å². The topological polar surface area (TPSA) is 56.2 Å². The molecule has 1 aromatic heterocycles. The summed E-state index contributed by atoms with van der Waals surface area (Å²) in [5.74, 6) is -0.810. The van der Waals surface area contributed by atoms with E-state index in [1.54, 1.807) is 29.2 Å². The van der Waals surface area contributed by atoms with Crippen LogP contribution in [0, 0.1) is 5.82 Å². The number of hydrogen-bond acceptors (Lipinski definition) is 3. The number of halogens is 1. The summed E-state index contributed by atoms with van der Waals surface area (Å²) >= 11 is 0. The van der Waals surface area contributed by atoms with Crippen molar-refractivity contribution in [1.82, 2.24) is 9.78 Å². The highest BCUT2D eigenvalue weighted by molar-refractivity contribution is 5.91. The van der Waals surface area contributed by atoms with E-state index in [0.29, 0.717) is 5.69 Å². The Morgan fingerprint density at radius 1 is 1.38 bits per heavy atom.